The van der Waals surface area contributed by atoms with Crippen LogP contribution in [0.15, 0.2) is 48.5 Å². The Morgan fingerprint density at radius 3 is 2.50 bits per heavy atom. The average Bonchev–Trinajstić information content (AvgIpc) is 3.53. The van der Waals surface area contributed by atoms with Gasteiger partial charge in [0, 0.05) is 11.5 Å². The number of hydrogen-bond acceptors (Lipinski definition) is 3. The van der Waals surface area contributed by atoms with Crippen LogP contribution in [0.4, 0.5) is 0 Å². The molecule has 1 aliphatic rings. The summed E-state index contributed by atoms with van der Waals surface area (Å²) in [5.74, 6) is 1.91. The van der Waals surface area contributed by atoms with Crippen molar-refractivity contribution < 1.29 is 14.3 Å². The van der Waals surface area contributed by atoms with Crippen molar-refractivity contribution in [2.75, 3.05) is 7.11 Å². The van der Waals surface area contributed by atoms with Crippen molar-refractivity contribution in [3.05, 3.63) is 59.7 Å². The minimum Gasteiger partial charge on any atom is -0.493 e. The number of rotatable bonds is 11. The molecule has 1 fully saturated rings. The first-order chi connectivity index (χ1) is 13.6. The van der Waals surface area contributed by atoms with Crippen LogP contribution in [-0.4, -0.2) is 19.6 Å². The standard InChI is InChI=1S/C24H31NO3/c1-4-8-18(2)23(25-17-26)24(13-14-24)20-11-12-21(27-3)22(15-20)28-16-19-9-6-5-7-10-19/h5-7,9-12,15,17-18,23H,4,8,13-14,16H2,1-3H3,(H,25,26). The molecule has 4 nitrogen and oxygen atoms in total. The molecule has 2 aromatic rings. The highest BCUT2D eigenvalue weighted by molar-refractivity contribution is 5.51. The molecular weight excluding hydrogens is 350 g/mol. The Labute approximate surface area is 168 Å². The molecule has 28 heavy (non-hydrogen) atoms. The molecule has 4 heteroatoms. The van der Waals surface area contributed by atoms with Gasteiger partial charge in [-0.15, -0.1) is 0 Å². The van der Waals surface area contributed by atoms with Gasteiger partial charge in [0.15, 0.2) is 11.5 Å². The molecule has 0 aromatic heterocycles. The second kappa shape index (κ2) is 9.13. The number of ether oxygens (including phenoxy) is 2. The van der Waals surface area contributed by atoms with Crippen LogP contribution in [0.5, 0.6) is 11.5 Å². The number of benzene rings is 2. The van der Waals surface area contributed by atoms with Crippen molar-refractivity contribution in [1.82, 2.24) is 5.32 Å². The van der Waals surface area contributed by atoms with Crippen molar-refractivity contribution >= 4 is 6.41 Å². The van der Waals surface area contributed by atoms with E-state index in [-0.39, 0.29) is 11.5 Å². The molecular formula is C24H31NO3. The summed E-state index contributed by atoms with van der Waals surface area (Å²) in [6.07, 6.45) is 5.23. The summed E-state index contributed by atoms with van der Waals surface area (Å²) in [6, 6.07) is 16.5. The highest BCUT2D eigenvalue weighted by atomic mass is 16.5. The molecule has 3 rings (SSSR count). The van der Waals surface area contributed by atoms with Crippen LogP contribution in [0.25, 0.3) is 0 Å². The highest BCUT2D eigenvalue weighted by Gasteiger charge is 2.52. The minimum atomic E-state index is -0.00732. The van der Waals surface area contributed by atoms with Crippen LogP contribution in [0.1, 0.15) is 50.7 Å². The lowest BCUT2D eigenvalue weighted by Gasteiger charge is -2.32. The van der Waals surface area contributed by atoms with Gasteiger partial charge in [0.25, 0.3) is 0 Å². The number of carbonyl (C=O) groups excluding carboxylic acids is 1. The van der Waals surface area contributed by atoms with Gasteiger partial charge in [-0.1, -0.05) is 56.7 Å². The maximum atomic E-state index is 11.3. The van der Waals surface area contributed by atoms with Gasteiger partial charge < -0.3 is 14.8 Å². The van der Waals surface area contributed by atoms with Crippen LogP contribution in [0.3, 0.4) is 0 Å². The van der Waals surface area contributed by atoms with E-state index in [1.807, 2.05) is 24.3 Å². The Bertz CT molecular complexity index is 771. The monoisotopic (exact) mass is 381 g/mol. The number of nitrogens with one attached hydrogen (secondary N) is 1. The molecule has 0 bridgehead atoms. The zero-order chi connectivity index (χ0) is 20.0. The van der Waals surface area contributed by atoms with Gasteiger partial charge in [-0.2, -0.15) is 0 Å². The van der Waals surface area contributed by atoms with E-state index in [1.54, 1.807) is 7.11 Å². The Hall–Kier alpha value is -2.49. The first-order valence-corrected chi connectivity index (χ1v) is 10.2. The van der Waals surface area contributed by atoms with Gasteiger partial charge in [0.2, 0.25) is 6.41 Å². The van der Waals surface area contributed by atoms with Crippen LogP contribution >= 0.6 is 0 Å². The zero-order valence-electron chi connectivity index (χ0n) is 17.1. The van der Waals surface area contributed by atoms with E-state index >= 15 is 0 Å². The zero-order valence-corrected chi connectivity index (χ0v) is 17.1. The Balaban J connectivity index is 1.85. The van der Waals surface area contributed by atoms with E-state index in [9.17, 15) is 4.79 Å². The van der Waals surface area contributed by atoms with Crippen LogP contribution in [0, 0.1) is 5.92 Å². The fourth-order valence-corrected chi connectivity index (χ4v) is 4.31. The molecule has 0 radical (unpaired) electrons. The molecule has 0 saturated heterocycles. The van der Waals surface area contributed by atoms with Crippen molar-refractivity contribution in [3.8, 4) is 11.5 Å². The Kier molecular flexibility index (Phi) is 6.61. The molecule has 2 unspecified atom stereocenters. The van der Waals surface area contributed by atoms with Crippen LogP contribution in [0.2, 0.25) is 0 Å². The number of hydrogen-bond donors (Lipinski definition) is 1. The Morgan fingerprint density at radius 2 is 1.89 bits per heavy atom. The lowest BCUT2D eigenvalue weighted by atomic mass is 9.79. The third kappa shape index (κ3) is 4.32. The van der Waals surface area contributed by atoms with Crippen LogP contribution < -0.4 is 14.8 Å². The lowest BCUT2D eigenvalue weighted by Crippen LogP contribution is -2.44. The molecule has 0 heterocycles. The molecule has 1 N–H and O–H groups in total. The molecule has 0 spiro atoms. The second-order valence-corrected chi connectivity index (χ2v) is 7.82. The maximum Gasteiger partial charge on any atom is 0.207 e. The van der Waals surface area contributed by atoms with E-state index in [2.05, 4.69) is 43.4 Å². The summed E-state index contributed by atoms with van der Waals surface area (Å²) >= 11 is 0. The average molecular weight is 382 g/mol. The van der Waals surface area contributed by atoms with E-state index in [0.29, 0.717) is 12.5 Å². The lowest BCUT2D eigenvalue weighted by molar-refractivity contribution is -0.110. The van der Waals surface area contributed by atoms with Crippen LogP contribution in [-0.2, 0) is 16.8 Å². The molecule has 1 aliphatic carbocycles. The summed E-state index contributed by atoms with van der Waals surface area (Å²) in [4.78, 5) is 11.3. The van der Waals surface area contributed by atoms with Gasteiger partial charge in [0.1, 0.15) is 6.61 Å². The van der Waals surface area contributed by atoms with E-state index in [0.717, 1.165) is 49.2 Å². The summed E-state index contributed by atoms with van der Waals surface area (Å²) in [6.45, 7) is 4.92. The summed E-state index contributed by atoms with van der Waals surface area (Å²) in [7, 11) is 1.66. The quantitative estimate of drug-likeness (QED) is 0.566. The SMILES string of the molecule is CCCC(C)C(NC=O)C1(c2ccc(OC)c(OCc3ccccc3)c2)CC1. The summed E-state index contributed by atoms with van der Waals surface area (Å²) in [5, 5.41) is 3.12. The molecule has 0 aliphatic heterocycles. The molecule has 1 amide bonds. The highest BCUT2D eigenvalue weighted by Crippen LogP contribution is 2.54. The van der Waals surface area contributed by atoms with E-state index < -0.39 is 0 Å². The molecule has 150 valence electrons. The molecule has 2 aromatic carbocycles. The normalized spacial score (nSPS) is 16.7. The smallest absolute Gasteiger partial charge is 0.207 e. The van der Waals surface area contributed by atoms with Gasteiger partial charge >= 0.3 is 0 Å². The third-order valence-electron chi connectivity index (χ3n) is 5.92. The van der Waals surface area contributed by atoms with Gasteiger partial charge in [-0.05, 0) is 48.4 Å². The fourth-order valence-electron chi connectivity index (χ4n) is 4.31. The first-order valence-electron chi connectivity index (χ1n) is 10.2. The second-order valence-electron chi connectivity index (χ2n) is 7.82. The maximum absolute atomic E-state index is 11.3. The molecule has 2 atom stereocenters. The third-order valence-corrected chi connectivity index (χ3v) is 5.92. The van der Waals surface area contributed by atoms with Gasteiger partial charge in [0.05, 0.1) is 7.11 Å². The predicted octanol–water partition coefficient (Wildman–Crippen LogP) is 4.86. The van der Waals surface area contributed by atoms with Crippen molar-refractivity contribution in [2.24, 2.45) is 5.92 Å². The number of methoxy groups -OCH3 is 1. The summed E-state index contributed by atoms with van der Waals surface area (Å²) in [5.41, 5.74) is 2.33. The van der Waals surface area contributed by atoms with Gasteiger partial charge in [-0.25, -0.2) is 0 Å². The minimum absolute atomic E-state index is 0.00732. The van der Waals surface area contributed by atoms with E-state index in [4.69, 9.17) is 9.47 Å². The molecule has 1 saturated carbocycles. The topological polar surface area (TPSA) is 47.6 Å². The van der Waals surface area contributed by atoms with Gasteiger partial charge in [-0.3, -0.25) is 4.79 Å². The summed E-state index contributed by atoms with van der Waals surface area (Å²) < 4.78 is 11.6. The van der Waals surface area contributed by atoms with Crippen molar-refractivity contribution in [1.29, 1.82) is 0 Å². The van der Waals surface area contributed by atoms with Crippen molar-refractivity contribution in [2.45, 2.75) is 57.6 Å². The number of amides is 1. The predicted molar refractivity (Wildman–Crippen MR) is 112 cm³/mol. The van der Waals surface area contributed by atoms with Crippen molar-refractivity contribution in [3.63, 3.8) is 0 Å². The fraction of sp³-hybridized carbons (Fsp3) is 0.458. The number of carbonyl (C=O) groups is 1. The Morgan fingerprint density at radius 1 is 1.14 bits per heavy atom. The largest absolute Gasteiger partial charge is 0.493 e. The first kappa shape index (κ1) is 20.2. The van der Waals surface area contributed by atoms with E-state index in [1.165, 1.54) is 5.56 Å².